The summed E-state index contributed by atoms with van der Waals surface area (Å²) in [5, 5.41) is -0.232. The van der Waals surface area contributed by atoms with Gasteiger partial charge in [0.15, 0.2) is 5.01 Å². The highest BCUT2D eigenvalue weighted by Gasteiger charge is 2.35. The van der Waals surface area contributed by atoms with Crippen molar-refractivity contribution < 1.29 is 13.2 Å². The summed E-state index contributed by atoms with van der Waals surface area (Å²) in [4.78, 5) is 5.27. The maximum absolute atomic E-state index is 12.3. The van der Waals surface area contributed by atoms with E-state index in [1.54, 1.807) is 0 Å². The van der Waals surface area contributed by atoms with Gasteiger partial charge in [-0.25, -0.2) is 4.98 Å². The number of piperidine rings is 1. The first kappa shape index (κ1) is 11.7. The molecule has 1 fully saturated rings. The summed E-state index contributed by atoms with van der Waals surface area (Å²) in [7, 11) is 0. The highest BCUT2D eigenvalue weighted by atomic mass is 32.1. The van der Waals surface area contributed by atoms with Gasteiger partial charge in [0, 0.05) is 19.1 Å². The monoisotopic (exact) mass is 251 g/mol. The number of nitrogens with zero attached hydrogens (tertiary/aromatic N) is 2. The third-order valence-corrected chi connectivity index (χ3v) is 3.61. The van der Waals surface area contributed by atoms with Crippen molar-refractivity contribution in [3.8, 4) is 0 Å². The number of anilines is 1. The van der Waals surface area contributed by atoms with E-state index in [-0.39, 0.29) is 6.04 Å². The molecule has 2 rings (SSSR count). The highest BCUT2D eigenvalue weighted by Crippen LogP contribution is 2.36. The molecular formula is C9H12F3N3S. The van der Waals surface area contributed by atoms with Crippen molar-refractivity contribution in [1.29, 1.82) is 0 Å². The Balaban J connectivity index is 2.12. The van der Waals surface area contributed by atoms with Crippen LogP contribution in [0.25, 0.3) is 0 Å². The minimum absolute atomic E-state index is 0.0465. The number of nitrogens with two attached hydrogens (primary N) is 1. The van der Waals surface area contributed by atoms with E-state index in [2.05, 4.69) is 4.98 Å². The van der Waals surface area contributed by atoms with Crippen LogP contribution in [0, 0.1) is 0 Å². The lowest BCUT2D eigenvalue weighted by molar-refractivity contribution is -0.137. The molecule has 3 nitrogen and oxygen atoms in total. The SMILES string of the molecule is NC1CCCN(c2cnc(C(F)(F)F)s2)C1. The first-order valence-corrected chi connectivity index (χ1v) is 5.82. The van der Waals surface area contributed by atoms with Crippen LogP contribution in [0.4, 0.5) is 18.2 Å². The number of hydrogen-bond acceptors (Lipinski definition) is 4. The van der Waals surface area contributed by atoms with E-state index in [0.29, 0.717) is 22.9 Å². The number of thiazole rings is 1. The average molecular weight is 251 g/mol. The molecule has 7 heteroatoms. The molecule has 0 aromatic carbocycles. The summed E-state index contributed by atoms with van der Waals surface area (Å²) in [6.45, 7) is 1.37. The molecule has 0 aliphatic carbocycles. The normalized spacial score (nSPS) is 22.5. The van der Waals surface area contributed by atoms with Crippen molar-refractivity contribution in [1.82, 2.24) is 4.98 Å². The third-order valence-electron chi connectivity index (χ3n) is 2.51. The lowest BCUT2D eigenvalue weighted by atomic mass is 10.1. The summed E-state index contributed by atoms with van der Waals surface area (Å²) >= 11 is 0.683. The van der Waals surface area contributed by atoms with Crippen LogP contribution in [0.3, 0.4) is 0 Å². The highest BCUT2D eigenvalue weighted by molar-refractivity contribution is 7.15. The molecular weight excluding hydrogens is 239 g/mol. The molecule has 2 heterocycles. The summed E-state index contributed by atoms with van der Waals surface area (Å²) in [6, 6.07) is 0.0465. The molecule has 0 saturated carbocycles. The maximum atomic E-state index is 12.3. The molecule has 0 radical (unpaired) electrons. The Morgan fingerprint density at radius 2 is 2.25 bits per heavy atom. The fraction of sp³-hybridized carbons (Fsp3) is 0.667. The Bertz CT molecular complexity index is 363. The van der Waals surface area contributed by atoms with Crippen LogP contribution in [-0.4, -0.2) is 24.1 Å². The van der Waals surface area contributed by atoms with Crippen LogP contribution in [0.15, 0.2) is 6.20 Å². The Hall–Kier alpha value is -0.820. The van der Waals surface area contributed by atoms with E-state index < -0.39 is 11.2 Å². The predicted molar refractivity (Wildman–Crippen MR) is 56.5 cm³/mol. The number of halogens is 3. The molecule has 90 valence electrons. The average Bonchev–Trinajstić information content (AvgIpc) is 2.65. The Kier molecular flexibility index (Phi) is 3.07. The van der Waals surface area contributed by atoms with E-state index in [4.69, 9.17) is 5.73 Å². The summed E-state index contributed by atoms with van der Waals surface area (Å²) in [6.07, 6.45) is -1.21. The Labute approximate surface area is 95.1 Å². The van der Waals surface area contributed by atoms with Crippen LogP contribution in [-0.2, 0) is 6.18 Å². The second kappa shape index (κ2) is 4.21. The number of hydrogen-bond donors (Lipinski definition) is 1. The summed E-state index contributed by atoms with van der Waals surface area (Å²) in [5.41, 5.74) is 5.78. The maximum Gasteiger partial charge on any atom is 0.443 e. The number of alkyl halides is 3. The molecule has 0 amide bonds. The van der Waals surface area contributed by atoms with Crippen molar-refractivity contribution in [2.45, 2.75) is 25.1 Å². The zero-order chi connectivity index (χ0) is 11.8. The zero-order valence-electron chi connectivity index (χ0n) is 8.50. The van der Waals surface area contributed by atoms with Crippen LogP contribution >= 0.6 is 11.3 Å². The van der Waals surface area contributed by atoms with Crippen LogP contribution < -0.4 is 10.6 Å². The van der Waals surface area contributed by atoms with Gasteiger partial charge in [0.2, 0.25) is 0 Å². The van der Waals surface area contributed by atoms with Crippen molar-refractivity contribution in [3.05, 3.63) is 11.2 Å². The van der Waals surface area contributed by atoms with Crippen LogP contribution in [0.1, 0.15) is 17.8 Å². The largest absolute Gasteiger partial charge is 0.443 e. The Morgan fingerprint density at radius 1 is 1.50 bits per heavy atom. The lowest BCUT2D eigenvalue weighted by Gasteiger charge is -2.30. The second-order valence-electron chi connectivity index (χ2n) is 3.85. The molecule has 1 aromatic rings. The molecule has 1 atom stereocenters. The van der Waals surface area contributed by atoms with Gasteiger partial charge >= 0.3 is 6.18 Å². The second-order valence-corrected chi connectivity index (χ2v) is 4.86. The van der Waals surface area contributed by atoms with Gasteiger partial charge in [0.1, 0.15) is 5.00 Å². The summed E-state index contributed by atoms with van der Waals surface area (Å²) in [5.74, 6) is 0. The molecule has 0 bridgehead atoms. The summed E-state index contributed by atoms with van der Waals surface area (Å²) < 4.78 is 37.0. The van der Waals surface area contributed by atoms with Gasteiger partial charge < -0.3 is 10.6 Å². The molecule has 2 N–H and O–H groups in total. The fourth-order valence-corrected chi connectivity index (χ4v) is 2.57. The van der Waals surface area contributed by atoms with Gasteiger partial charge in [-0.2, -0.15) is 13.2 Å². The predicted octanol–water partition coefficient (Wildman–Crippen LogP) is 2.09. The van der Waals surface area contributed by atoms with Crippen molar-refractivity contribution in [2.75, 3.05) is 18.0 Å². The van der Waals surface area contributed by atoms with Gasteiger partial charge in [0.25, 0.3) is 0 Å². The third kappa shape index (κ3) is 2.46. The first-order valence-electron chi connectivity index (χ1n) is 5.00. The first-order chi connectivity index (χ1) is 7.47. The molecule has 0 spiro atoms. The minimum Gasteiger partial charge on any atom is -0.361 e. The number of rotatable bonds is 1. The van der Waals surface area contributed by atoms with Crippen molar-refractivity contribution in [2.24, 2.45) is 5.73 Å². The van der Waals surface area contributed by atoms with Gasteiger partial charge in [-0.3, -0.25) is 0 Å². The van der Waals surface area contributed by atoms with Gasteiger partial charge in [-0.05, 0) is 12.8 Å². The quantitative estimate of drug-likeness (QED) is 0.831. The molecule has 1 aliphatic rings. The smallest absolute Gasteiger partial charge is 0.361 e. The standard InChI is InChI=1S/C9H12F3N3S/c10-9(11,12)8-14-4-7(16-8)15-3-1-2-6(13)5-15/h4,6H,1-3,5,13H2. The molecule has 1 unspecified atom stereocenters. The van der Waals surface area contributed by atoms with Gasteiger partial charge in [-0.1, -0.05) is 11.3 Å². The van der Waals surface area contributed by atoms with Gasteiger partial charge in [-0.15, -0.1) is 0 Å². The van der Waals surface area contributed by atoms with Crippen molar-refractivity contribution in [3.63, 3.8) is 0 Å². The minimum atomic E-state index is -4.35. The lowest BCUT2D eigenvalue weighted by Crippen LogP contribution is -2.42. The molecule has 16 heavy (non-hydrogen) atoms. The van der Waals surface area contributed by atoms with Crippen LogP contribution in [0.5, 0.6) is 0 Å². The molecule has 1 aliphatic heterocycles. The van der Waals surface area contributed by atoms with E-state index in [1.165, 1.54) is 6.20 Å². The van der Waals surface area contributed by atoms with E-state index in [0.717, 1.165) is 19.4 Å². The topological polar surface area (TPSA) is 42.1 Å². The zero-order valence-corrected chi connectivity index (χ0v) is 9.31. The van der Waals surface area contributed by atoms with Crippen molar-refractivity contribution >= 4 is 16.3 Å². The fourth-order valence-electron chi connectivity index (χ4n) is 1.75. The van der Waals surface area contributed by atoms with Crippen LogP contribution in [0.2, 0.25) is 0 Å². The van der Waals surface area contributed by atoms with Gasteiger partial charge in [0.05, 0.1) is 6.20 Å². The van der Waals surface area contributed by atoms with E-state index in [9.17, 15) is 13.2 Å². The van der Waals surface area contributed by atoms with E-state index >= 15 is 0 Å². The van der Waals surface area contributed by atoms with E-state index in [1.807, 2.05) is 4.90 Å². The number of aromatic nitrogens is 1. The molecule has 1 aromatic heterocycles. The Morgan fingerprint density at radius 3 is 2.81 bits per heavy atom. The molecule has 1 saturated heterocycles.